The highest BCUT2D eigenvalue weighted by Gasteiger charge is 2.09. The average Bonchev–Trinajstić information content (AvgIpc) is 2.29. The van der Waals surface area contributed by atoms with Crippen LogP contribution < -0.4 is 10.2 Å². The Labute approximate surface area is 105 Å². The molecule has 0 bridgehead atoms. The van der Waals surface area contributed by atoms with Crippen LogP contribution in [0.15, 0.2) is 18.3 Å². The molecule has 1 rings (SSSR count). The summed E-state index contributed by atoms with van der Waals surface area (Å²) in [7, 11) is 2.12. The zero-order valence-electron chi connectivity index (χ0n) is 11.5. The van der Waals surface area contributed by atoms with E-state index in [4.69, 9.17) is 0 Å². The third-order valence-corrected chi connectivity index (χ3v) is 2.61. The smallest absolute Gasteiger partial charge is 0.132 e. The average molecular weight is 235 g/mol. The van der Waals surface area contributed by atoms with E-state index in [9.17, 15) is 0 Å². The first-order chi connectivity index (χ1) is 8.15. The SMILES string of the molecule is CCCNCc1cccnc1N(C)CC(C)C. The normalized spacial score (nSPS) is 10.9. The van der Waals surface area contributed by atoms with Gasteiger partial charge in [0.1, 0.15) is 5.82 Å². The minimum atomic E-state index is 0.651. The van der Waals surface area contributed by atoms with Crippen molar-refractivity contribution in [2.75, 3.05) is 25.0 Å². The van der Waals surface area contributed by atoms with Crippen LogP contribution in [0.25, 0.3) is 0 Å². The summed E-state index contributed by atoms with van der Waals surface area (Å²) in [5.41, 5.74) is 1.28. The summed E-state index contributed by atoms with van der Waals surface area (Å²) >= 11 is 0. The molecule has 0 aliphatic heterocycles. The number of aromatic nitrogens is 1. The van der Waals surface area contributed by atoms with Crippen molar-refractivity contribution >= 4 is 5.82 Å². The third kappa shape index (κ3) is 4.73. The molecule has 0 amide bonds. The summed E-state index contributed by atoms with van der Waals surface area (Å²) < 4.78 is 0. The van der Waals surface area contributed by atoms with Crippen LogP contribution in [0, 0.1) is 5.92 Å². The minimum Gasteiger partial charge on any atom is -0.359 e. The first-order valence-corrected chi connectivity index (χ1v) is 6.50. The Hall–Kier alpha value is -1.09. The molecule has 1 aromatic rings. The Balaban J connectivity index is 2.69. The van der Waals surface area contributed by atoms with E-state index in [0.29, 0.717) is 5.92 Å². The Morgan fingerprint density at radius 1 is 1.41 bits per heavy atom. The molecular formula is C14H25N3. The molecule has 17 heavy (non-hydrogen) atoms. The van der Waals surface area contributed by atoms with Crippen molar-refractivity contribution in [3.05, 3.63) is 23.9 Å². The van der Waals surface area contributed by atoms with Gasteiger partial charge < -0.3 is 10.2 Å². The van der Waals surface area contributed by atoms with Crippen molar-refractivity contribution in [1.82, 2.24) is 10.3 Å². The van der Waals surface area contributed by atoms with Crippen molar-refractivity contribution in [1.29, 1.82) is 0 Å². The Morgan fingerprint density at radius 3 is 2.82 bits per heavy atom. The first kappa shape index (κ1) is 14.0. The van der Waals surface area contributed by atoms with E-state index in [1.54, 1.807) is 0 Å². The molecule has 3 nitrogen and oxygen atoms in total. The summed E-state index contributed by atoms with van der Waals surface area (Å²) in [5.74, 6) is 1.75. The second kappa shape index (κ2) is 7.28. The van der Waals surface area contributed by atoms with Gasteiger partial charge in [0, 0.05) is 31.9 Å². The predicted octanol–water partition coefficient (Wildman–Crippen LogP) is 2.67. The molecular weight excluding hydrogens is 210 g/mol. The molecule has 1 heterocycles. The number of anilines is 1. The fraction of sp³-hybridized carbons (Fsp3) is 0.643. The summed E-state index contributed by atoms with van der Waals surface area (Å²) in [5, 5.41) is 3.43. The van der Waals surface area contributed by atoms with E-state index < -0.39 is 0 Å². The molecule has 0 aromatic carbocycles. The van der Waals surface area contributed by atoms with Gasteiger partial charge in [-0.15, -0.1) is 0 Å². The maximum Gasteiger partial charge on any atom is 0.132 e. The molecule has 96 valence electrons. The summed E-state index contributed by atoms with van der Waals surface area (Å²) in [4.78, 5) is 6.74. The molecule has 1 N–H and O–H groups in total. The van der Waals surface area contributed by atoms with Crippen LogP contribution >= 0.6 is 0 Å². The van der Waals surface area contributed by atoms with E-state index >= 15 is 0 Å². The standard InChI is InChI=1S/C14H25N3/c1-5-8-15-10-13-7-6-9-16-14(13)17(4)11-12(2)3/h6-7,9,12,15H,5,8,10-11H2,1-4H3. The maximum atomic E-state index is 4.50. The number of nitrogens with zero attached hydrogens (tertiary/aromatic N) is 2. The number of hydrogen-bond acceptors (Lipinski definition) is 3. The fourth-order valence-corrected chi connectivity index (χ4v) is 1.95. The molecule has 3 heteroatoms. The van der Waals surface area contributed by atoms with Crippen molar-refractivity contribution < 1.29 is 0 Å². The highest BCUT2D eigenvalue weighted by atomic mass is 15.2. The van der Waals surface area contributed by atoms with Gasteiger partial charge in [0.25, 0.3) is 0 Å². The minimum absolute atomic E-state index is 0.651. The van der Waals surface area contributed by atoms with E-state index in [2.05, 4.69) is 49.1 Å². The van der Waals surface area contributed by atoms with Gasteiger partial charge in [0.05, 0.1) is 0 Å². The highest BCUT2D eigenvalue weighted by molar-refractivity contribution is 5.45. The lowest BCUT2D eigenvalue weighted by Gasteiger charge is -2.23. The van der Waals surface area contributed by atoms with Crippen LogP contribution in [0.4, 0.5) is 5.82 Å². The number of rotatable bonds is 7. The molecule has 0 atom stereocenters. The third-order valence-electron chi connectivity index (χ3n) is 2.61. The molecule has 0 spiro atoms. The van der Waals surface area contributed by atoms with E-state index in [1.165, 1.54) is 5.56 Å². The van der Waals surface area contributed by atoms with Gasteiger partial charge in [-0.2, -0.15) is 0 Å². The second-order valence-corrected chi connectivity index (χ2v) is 4.94. The lowest BCUT2D eigenvalue weighted by molar-refractivity contribution is 0.627. The molecule has 0 fully saturated rings. The number of hydrogen-bond donors (Lipinski definition) is 1. The summed E-state index contributed by atoms with van der Waals surface area (Å²) in [6.45, 7) is 9.64. The molecule has 0 aliphatic rings. The van der Waals surface area contributed by atoms with Crippen LogP contribution in [-0.4, -0.2) is 25.1 Å². The maximum absolute atomic E-state index is 4.50. The highest BCUT2D eigenvalue weighted by Crippen LogP contribution is 2.16. The monoisotopic (exact) mass is 235 g/mol. The van der Waals surface area contributed by atoms with Crippen molar-refractivity contribution in [2.24, 2.45) is 5.92 Å². The van der Waals surface area contributed by atoms with Crippen molar-refractivity contribution in [2.45, 2.75) is 33.7 Å². The zero-order valence-corrected chi connectivity index (χ0v) is 11.5. The predicted molar refractivity (Wildman–Crippen MR) is 74.3 cm³/mol. The van der Waals surface area contributed by atoms with E-state index in [0.717, 1.165) is 31.9 Å². The van der Waals surface area contributed by atoms with Crippen molar-refractivity contribution in [3.8, 4) is 0 Å². The molecule has 0 saturated carbocycles. The van der Waals surface area contributed by atoms with Gasteiger partial charge in [-0.05, 0) is 24.9 Å². The van der Waals surface area contributed by atoms with Gasteiger partial charge in [-0.1, -0.05) is 26.8 Å². The molecule has 0 radical (unpaired) electrons. The Morgan fingerprint density at radius 2 is 2.18 bits per heavy atom. The molecule has 1 aromatic heterocycles. The Bertz CT molecular complexity index is 323. The lowest BCUT2D eigenvalue weighted by atomic mass is 10.2. The quantitative estimate of drug-likeness (QED) is 0.736. The van der Waals surface area contributed by atoms with Gasteiger partial charge in [0.2, 0.25) is 0 Å². The van der Waals surface area contributed by atoms with Gasteiger partial charge >= 0.3 is 0 Å². The van der Waals surface area contributed by atoms with Crippen LogP contribution in [-0.2, 0) is 6.54 Å². The molecule has 0 saturated heterocycles. The van der Waals surface area contributed by atoms with Gasteiger partial charge in [0.15, 0.2) is 0 Å². The Kier molecular flexibility index (Phi) is 5.98. The van der Waals surface area contributed by atoms with Crippen LogP contribution in [0.3, 0.4) is 0 Å². The molecule has 0 aliphatic carbocycles. The van der Waals surface area contributed by atoms with E-state index in [1.807, 2.05) is 12.3 Å². The van der Waals surface area contributed by atoms with Gasteiger partial charge in [-0.3, -0.25) is 0 Å². The van der Waals surface area contributed by atoms with Crippen molar-refractivity contribution in [3.63, 3.8) is 0 Å². The second-order valence-electron chi connectivity index (χ2n) is 4.94. The van der Waals surface area contributed by atoms with E-state index in [-0.39, 0.29) is 0 Å². The topological polar surface area (TPSA) is 28.2 Å². The van der Waals surface area contributed by atoms with Crippen LogP contribution in [0.1, 0.15) is 32.8 Å². The number of pyridine rings is 1. The van der Waals surface area contributed by atoms with Gasteiger partial charge in [-0.25, -0.2) is 4.98 Å². The zero-order chi connectivity index (χ0) is 12.7. The fourth-order valence-electron chi connectivity index (χ4n) is 1.95. The number of nitrogens with one attached hydrogen (secondary N) is 1. The summed E-state index contributed by atoms with van der Waals surface area (Å²) in [6, 6.07) is 4.16. The first-order valence-electron chi connectivity index (χ1n) is 6.50. The van der Waals surface area contributed by atoms with Crippen LogP contribution in [0.5, 0.6) is 0 Å². The largest absolute Gasteiger partial charge is 0.359 e. The molecule has 0 unspecified atom stereocenters. The summed E-state index contributed by atoms with van der Waals surface area (Å²) in [6.07, 6.45) is 3.03. The lowest BCUT2D eigenvalue weighted by Crippen LogP contribution is -2.26. The van der Waals surface area contributed by atoms with Crippen LogP contribution in [0.2, 0.25) is 0 Å².